The fourth-order valence-corrected chi connectivity index (χ4v) is 4.75. The minimum atomic E-state index is -1.06. The van der Waals surface area contributed by atoms with Gasteiger partial charge in [0, 0.05) is 35.5 Å². The van der Waals surface area contributed by atoms with E-state index in [-0.39, 0.29) is 18.1 Å². The molecule has 0 aliphatic carbocycles. The van der Waals surface area contributed by atoms with Gasteiger partial charge in [-0.05, 0) is 73.9 Å². The Labute approximate surface area is 237 Å². The number of nitrogens with zero attached hydrogens (tertiary/aromatic N) is 2. The molecule has 0 aliphatic heterocycles. The highest BCUT2D eigenvalue weighted by atomic mass is 19.1. The molecule has 0 radical (unpaired) electrons. The lowest BCUT2D eigenvalue weighted by Crippen LogP contribution is -2.34. The van der Waals surface area contributed by atoms with Crippen molar-refractivity contribution in [3.05, 3.63) is 114 Å². The molecule has 0 amide bonds. The molecule has 1 atom stereocenters. The van der Waals surface area contributed by atoms with Gasteiger partial charge < -0.3 is 15.0 Å². The largest absolute Gasteiger partial charge is 0.459 e. The number of hydrogen-bond donors (Lipinski definition) is 2. The van der Waals surface area contributed by atoms with Gasteiger partial charge in [-0.1, -0.05) is 42.5 Å². The molecular weight excluding hydrogens is 519 g/mol. The van der Waals surface area contributed by atoms with Crippen molar-refractivity contribution in [3.63, 3.8) is 0 Å². The number of hydrogen-bond acceptors (Lipinski definition) is 6. The summed E-state index contributed by atoms with van der Waals surface area (Å²) in [7, 11) is 0. The van der Waals surface area contributed by atoms with E-state index in [4.69, 9.17) is 9.72 Å². The van der Waals surface area contributed by atoms with Crippen LogP contribution in [0.15, 0.2) is 91.3 Å². The highest BCUT2D eigenvalue weighted by Crippen LogP contribution is 2.33. The third-order valence-electron chi connectivity index (χ3n) is 6.54. The van der Waals surface area contributed by atoms with Crippen LogP contribution < -0.4 is 5.32 Å². The number of carbonyl (C=O) groups is 2. The molecule has 41 heavy (non-hydrogen) atoms. The molecule has 2 aromatic carbocycles. The summed E-state index contributed by atoms with van der Waals surface area (Å²) in [4.78, 5) is 38.7. The Balaban J connectivity index is 1.42. The second-order valence-corrected chi connectivity index (χ2v) is 10.8. The number of fused-ring (bicyclic) bond motifs is 1. The van der Waals surface area contributed by atoms with Crippen molar-refractivity contribution in [2.45, 2.75) is 38.7 Å². The van der Waals surface area contributed by atoms with Gasteiger partial charge in [-0.25, -0.2) is 9.37 Å². The van der Waals surface area contributed by atoms with Crippen LogP contribution in [0.1, 0.15) is 43.5 Å². The highest BCUT2D eigenvalue weighted by molar-refractivity contribution is 6.06. The first-order chi connectivity index (χ1) is 19.7. The number of aromatic nitrogens is 3. The maximum Gasteiger partial charge on any atom is 0.321 e. The van der Waals surface area contributed by atoms with E-state index in [2.05, 4.69) is 15.3 Å². The van der Waals surface area contributed by atoms with Crippen LogP contribution in [0.3, 0.4) is 0 Å². The molecule has 0 fully saturated rings. The molecule has 0 bridgehead atoms. The van der Waals surface area contributed by atoms with Gasteiger partial charge in [-0.3, -0.25) is 14.6 Å². The zero-order valence-electron chi connectivity index (χ0n) is 23.1. The van der Waals surface area contributed by atoms with Crippen LogP contribution in [0.5, 0.6) is 0 Å². The van der Waals surface area contributed by atoms with Crippen LogP contribution in [0, 0.1) is 5.82 Å². The molecule has 0 aliphatic rings. The Bertz CT molecular complexity index is 1660. The number of carbonyl (C=O) groups excluding carboxylic acids is 2. The number of pyridine rings is 2. The number of aromatic amines is 1. The highest BCUT2D eigenvalue weighted by Gasteiger charge is 2.32. The van der Waals surface area contributed by atoms with Gasteiger partial charge in [0.05, 0.1) is 6.54 Å². The van der Waals surface area contributed by atoms with Crippen molar-refractivity contribution < 1.29 is 18.7 Å². The molecule has 5 rings (SSSR count). The first-order valence-corrected chi connectivity index (χ1v) is 13.4. The molecule has 0 saturated carbocycles. The normalized spacial score (nSPS) is 12.2. The second-order valence-electron chi connectivity index (χ2n) is 10.8. The molecule has 208 valence electrons. The minimum absolute atomic E-state index is 0.113. The Hall–Kier alpha value is -4.85. The van der Waals surface area contributed by atoms with E-state index in [1.54, 1.807) is 75.6 Å². The average Bonchev–Trinajstić information content (AvgIpc) is 3.30. The smallest absolute Gasteiger partial charge is 0.321 e. The lowest BCUT2D eigenvalue weighted by molar-refractivity contribution is -0.158. The van der Waals surface area contributed by atoms with Crippen LogP contribution in [-0.4, -0.2) is 38.9 Å². The summed E-state index contributed by atoms with van der Waals surface area (Å²) >= 11 is 0. The molecular formula is C33H31FN4O3. The van der Waals surface area contributed by atoms with E-state index in [1.165, 1.54) is 12.1 Å². The number of benzene rings is 2. The van der Waals surface area contributed by atoms with E-state index < -0.39 is 17.5 Å². The van der Waals surface area contributed by atoms with Gasteiger partial charge in [0.25, 0.3) is 0 Å². The number of ether oxygens (including phenoxy) is 1. The Morgan fingerprint density at radius 1 is 0.951 bits per heavy atom. The van der Waals surface area contributed by atoms with Crippen LogP contribution in [0.2, 0.25) is 0 Å². The van der Waals surface area contributed by atoms with Crippen molar-refractivity contribution in [3.8, 4) is 11.1 Å². The van der Waals surface area contributed by atoms with E-state index in [0.717, 1.165) is 27.8 Å². The summed E-state index contributed by atoms with van der Waals surface area (Å²) in [5.74, 6) is -1.77. The summed E-state index contributed by atoms with van der Waals surface area (Å²) in [5, 5.41) is 3.99. The van der Waals surface area contributed by atoms with Gasteiger partial charge in [0.1, 0.15) is 28.8 Å². The molecule has 2 N–H and O–H groups in total. The lowest BCUT2D eigenvalue weighted by Gasteiger charge is -2.23. The maximum absolute atomic E-state index is 13.5. The molecule has 7 nitrogen and oxygen atoms in total. The SMILES string of the molecule is CC(C)(C)OC(=O)[C@@H](C(=O)CNc1ccc2c(-c3ccncc3)c(Cc3ccc(F)cc3)[nH]c2n1)c1ccccc1. The second kappa shape index (κ2) is 11.7. The predicted octanol–water partition coefficient (Wildman–Crippen LogP) is 6.46. The maximum atomic E-state index is 13.5. The molecule has 0 saturated heterocycles. The molecule has 8 heteroatoms. The fourth-order valence-electron chi connectivity index (χ4n) is 4.75. The number of anilines is 1. The predicted molar refractivity (Wildman–Crippen MR) is 157 cm³/mol. The van der Waals surface area contributed by atoms with E-state index >= 15 is 0 Å². The number of halogens is 1. The zero-order valence-corrected chi connectivity index (χ0v) is 23.1. The summed E-state index contributed by atoms with van der Waals surface area (Å²) in [6, 6.07) is 22.9. The van der Waals surface area contributed by atoms with Gasteiger partial charge >= 0.3 is 5.97 Å². The van der Waals surface area contributed by atoms with Gasteiger partial charge in [-0.2, -0.15) is 0 Å². The number of rotatable bonds is 9. The number of ketones is 1. The summed E-state index contributed by atoms with van der Waals surface area (Å²) < 4.78 is 19.1. The number of esters is 1. The Kier molecular flexibility index (Phi) is 7.92. The first kappa shape index (κ1) is 27.7. The van der Waals surface area contributed by atoms with Gasteiger partial charge in [0.2, 0.25) is 0 Å². The Morgan fingerprint density at radius 2 is 1.66 bits per heavy atom. The third-order valence-corrected chi connectivity index (χ3v) is 6.54. The van der Waals surface area contributed by atoms with Crippen molar-refractivity contribution in [2.24, 2.45) is 0 Å². The van der Waals surface area contributed by atoms with Crippen LogP contribution in [-0.2, 0) is 20.7 Å². The lowest BCUT2D eigenvalue weighted by atomic mass is 9.94. The van der Waals surface area contributed by atoms with E-state index in [9.17, 15) is 14.0 Å². The third kappa shape index (κ3) is 6.66. The monoisotopic (exact) mass is 550 g/mol. The summed E-state index contributed by atoms with van der Waals surface area (Å²) in [5.41, 5.74) is 4.32. The molecule has 0 spiro atoms. The van der Waals surface area contributed by atoms with E-state index in [1.807, 2.05) is 24.3 Å². The zero-order chi connectivity index (χ0) is 29.0. The van der Waals surface area contributed by atoms with Crippen LogP contribution in [0.25, 0.3) is 22.2 Å². The molecule has 3 heterocycles. The topological polar surface area (TPSA) is 97.0 Å². The summed E-state index contributed by atoms with van der Waals surface area (Å²) in [6.45, 7) is 5.21. The van der Waals surface area contributed by atoms with Crippen LogP contribution >= 0.6 is 0 Å². The van der Waals surface area contributed by atoms with E-state index in [0.29, 0.717) is 23.4 Å². The molecule has 0 unspecified atom stereocenters. The fraction of sp³-hybridized carbons (Fsp3) is 0.212. The van der Waals surface area contributed by atoms with Gasteiger partial charge in [0.15, 0.2) is 5.78 Å². The van der Waals surface area contributed by atoms with Crippen molar-refractivity contribution in [2.75, 3.05) is 11.9 Å². The van der Waals surface area contributed by atoms with Crippen molar-refractivity contribution in [1.82, 2.24) is 15.0 Å². The van der Waals surface area contributed by atoms with Crippen molar-refractivity contribution in [1.29, 1.82) is 0 Å². The Morgan fingerprint density at radius 3 is 2.34 bits per heavy atom. The number of H-pyrrole nitrogens is 1. The number of Topliss-reactive ketones (excluding diaryl/α,β-unsaturated/α-hetero) is 1. The average molecular weight is 551 g/mol. The first-order valence-electron chi connectivity index (χ1n) is 13.4. The van der Waals surface area contributed by atoms with Crippen molar-refractivity contribution >= 4 is 28.6 Å². The minimum Gasteiger partial charge on any atom is -0.459 e. The standard InChI is InChI=1S/C33H31FN4O3/c1-33(2,3)41-32(40)30(22-7-5-4-6-8-22)27(39)20-36-28-14-13-25-29(23-15-17-35-18-16-23)26(37-31(25)38-28)19-21-9-11-24(34)12-10-21/h4-18,30H,19-20H2,1-3H3,(H2,36,37,38)/t30-/m1/s1. The molecule has 3 aromatic heterocycles. The quantitative estimate of drug-likeness (QED) is 0.161. The molecule has 5 aromatic rings. The van der Waals surface area contributed by atoms with Crippen LogP contribution in [0.4, 0.5) is 10.2 Å². The summed E-state index contributed by atoms with van der Waals surface area (Å²) in [6.07, 6.45) is 4.02. The number of nitrogens with one attached hydrogen (secondary N) is 2. The van der Waals surface area contributed by atoms with Gasteiger partial charge in [-0.15, -0.1) is 0 Å².